The van der Waals surface area contributed by atoms with Crippen molar-refractivity contribution in [3.8, 4) is 0 Å². The summed E-state index contributed by atoms with van der Waals surface area (Å²) in [6.07, 6.45) is -8.71. The Morgan fingerprint density at radius 3 is 1.70 bits per heavy atom. The molecular weight excluding hydrogens is 332 g/mol. The molecule has 7 N–H and O–H groups in total. The molecule has 4 atom stereocenters. The molecule has 0 heterocycles. The molecule has 0 aromatic carbocycles. The maximum atomic E-state index is 10.8. The fourth-order valence-corrected chi connectivity index (χ4v) is 1.18. The van der Waals surface area contributed by atoms with E-state index in [1.165, 1.54) is 0 Å². The number of hydrogen-bond donors (Lipinski definition) is 7. The van der Waals surface area contributed by atoms with Crippen molar-refractivity contribution < 1.29 is 49.2 Å². The number of phosphoric ester groups is 1. The molecule has 0 unspecified atom stereocenters. The van der Waals surface area contributed by atoms with Gasteiger partial charge in [0.05, 0.1) is 6.61 Å². The van der Waals surface area contributed by atoms with Gasteiger partial charge in [0.2, 0.25) is 0 Å². The van der Waals surface area contributed by atoms with E-state index >= 15 is 0 Å². The molecule has 108 valence electrons. The number of phosphoric acid groups is 1. The van der Waals surface area contributed by atoms with Crippen LogP contribution in [0.1, 0.15) is 0 Å². The summed E-state index contributed by atoms with van der Waals surface area (Å²) in [5.74, 6) is -1.88. The van der Waals surface area contributed by atoms with Crippen LogP contribution in [0.5, 0.6) is 0 Å². The van der Waals surface area contributed by atoms with E-state index in [4.69, 9.17) is 35.3 Å². The molecule has 0 saturated heterocycles. The maximum absolute atomic E-state index is 10.8. The Hall–Kier alpha value is 2.42. The normalized spacial score (nSPS) is 16.4. The van der Waals surface area contributed by atoms with Gasteiger partial charge in [0.15, 0.2) is 6.10 Å². The van der Waals surface area contributed by atoms with Crippen molar-refractivity contribution in [1.82, 2.24) is 0 Å². The standard InChI is InChI=1S/C6H13O10P.3Na.3H/c7-1-2(8)3(9)4(10)5(11)6(12)16-17(13,14)15;;;;;;/h2-5,7-11H,1H2,(H2,13,14,15);;;;;;/t2-,3-,4+,5-;;;;;;/m1....../s1. The van der Waals surface area contributed by atoms with E-state index in [9.17, 15) is 9.36 Å². The number of hydrogen-bond acceptors (Lipinski definition) is 8. The third-order valence-corrected chi connectivity index (χ3v) is 2.12. The molecule has 0 fully saturated rings. The molecule has 0 aromatic heterocycles. The molecule has 0 aliphatic heterocycles. The van der Waals surface area contributed by atoms with Gasteiger partial charge in [-0.05, 0) is 0 Å². The molecule has 0 amide bonds. The summed E-state index contributed by atoms with van der Waals surface area (Å²) in [5, 5.41) is 44.6. The Balaban J connectivity index is -0.000000427. The zero-order valence-corrected chi connectivity index (χ0v) is 9.21. The topological polar surface area (TPSA) is 185 Å². The van der Waals surface area contributed by atoms with Crippen LogP contribution in [0.4, 0.5) is 0 Å². The van der Waals surface area contributed by atoms with Crippen LogP contribution in [0, 0.1) is 0 Å². The van der Waals surface area contributed by atoms with Gasteiger partial charge in [-0.1, -0.05) is 0 Å². The van der Waals surface area contributed by atoms with Crippen molar-refractivity contribution in [2.24, 2.45) is 0 Å². The van der Waals surface area contributed by atoms with Crippen LogP contribution in [-0.4, -0.2) is 161 Å². The minimum absolute atomic E-state index is 0. The van der Waals surface area contributed by atoms with Gasteiger partial charge in [0.25, 0.3) is 0 Å². The van der Waals surface area contributed by atoms with Gasteiger partial charge < -0.3 is 30.1 Å². The van der Waals surface area contributed by atoms with Crippen LogP contribution in [0.3, 0.4) is 0 Å². The summed E-state index contributed by atoms with van der Waals surface area (Å²) in [5.41, 5.74) is 0. The number of carbonyl (C=O) groups excluding carboxylic acids is 1. The zero-order valence-electron chi connectivity index (χ0n) is 8.32. The van der Waals surface area contributed by atoms with E-state index in [1.54, 1.807) is 0 Å². The van der Waals surface area contributed by atoms with Gasteiger partial charge in [-0.25, -0.2) is 9.36 Å². The van der Waals surface area contributed by atoms with Crippen LogP contribution >= 0.6 is 7.82 Å². The summed E-state index contributed by atoms with van der Waals surface area (Å²) in [6, 6.07) is 0. The second-order valence-electron chi connectivity index (χ2n) is 3.08. The molecule has 0 aromatic rings. The van der Waals surface area contributed by atoms with Gasteiger partial charge in [-0.3, -0.25) is 9.79 Å². The summed E-state index contributed by atoms with van der Waals surface area (Å²) in [4.78, 5) is 27.3. The summed E-state index contributed by atoms with van der Waals surface area (Å²) in [7, 11) is -5.19. The van der Waals surface area contributed by atoms with Crippen molar-refractivity contribution in [2.45, 2.75) is 24.4 Å². The number of aliphatic hydroxyl groups excluding tert-OH is 5. The molecule has 0 spiro atoms. The predicted octanol–water partition coefficient (Wildman–Crippen LogP) is -5.89. The molecule has 0 rings (SSSR count). The van der Waals surface area contributed by atoms with Crippen LogP contribution in [0.25, 0.3) is 0 Å². The molecule has 14 heteroatoms. The average molecular weight is 348 g/mol. The molecule has 0 radical (unpaired) electrons. The number of aliphatic hydroxyl groups is 5. The molecule has 20 heavy (non-hydrogen) atoms. The van der Waals surface area contributed by atoms with Crippen molar-refractivity contribution >= 4 is 102 Å². The Kier molecular flexibility index (Phi) is 21.0. The molecule has 0 bridgehead atoms. The van der Waals surface area contributed by atoms with Crippen molar-refractivity contribution in [3.05, 3.63) is 0 Å². The first-order chi connectivity index (χ1) is 7.60. The fraction of sp³-hybridized carbons (Fsp3) is 0.833. The van der Waals surface area contributed by atoms with Crippen molar-refractivity contribution in [1.29, 1.82) is 0 Å². The van der Waals surface area contributed by atoms with E-state index in [0.29, 0.717) is 0 Å². The summed E-state index contributed by atoms with van der Waals surface area (Å²) >= 11 is 0. The number of carbonyl (C=O) groups is 1. The van der Waals surface area contributed by atoms with Crippen molar-refractivity contribution in [2.75, 3.05) is 6.61 Å². The molecule has 0 saturated carbocycles. The van der Waals surface area contributed by atoms with Crippen LogP contribution in [-0.2, 0) is 13.9 Å². The monoisotopic (exact) mass is 348 g/mol. The van der Waals surface area contributed by atoms with E-state index in [2.05, 4.69) is 4.52 Å². The Labute approximate surface area is 180 Å². The molecular formula is C6H16Na3O10P. The molecule has 0 aliphatic rings. The predicted molar refractivity (Wildman–Crippen MR) is 70.7 cm³/mol. The van der Waals surface area contributed by atoms with Gasteiger partial charge in [-0.2, -0.15) is 0 Å². The van der Waals surface area contributed by atoms with Gasteiger partial charge >= 0.3 is 102 Å². The molecule has 10 nitrogen and oxygen atoms in total. The Morgan fingerprint density at radius 1 is 1.00 bits per heavy atom. The second-order valence-corrected chi connectivity index (χ2v) is 4.24. The Bertz CT molecular complexity index is 311. The number of rotatable bonds is 6. The zero-order chi connectivity index (χ0) is 13.8. The summed E-state index contributed by atoms with van der Waals surface area (Å²) < 4.78 is 13.7. The first-order valence-electron chi connectivity index (χ1n) is 4.22. The van der Waals surface area contributed by atoms with E-state index < -0.39 is 44.8 Å². The van der Waals surface area contributed by atoms with E-state index in [0.717, 1.165) is 0 Å². The van der Waals surface area contributed by atoms with Gasteiger partial charge in [-0.15, -0.1) is 0 Å². The first kappa shape index (κ1) is 30.3. The average Bonchev–Trinajstić information content (AvgIpc) is 2.22. The third kappa shape index (κ3) is 11.9. The summed E-state index contributed by atoms with van der Waals surface area (Å²) in [6.45, 7) is -0.960. The Morgan fingerprint density at radius 2 is 1.40 bits per heavy atom. The van der Waals surface area contributed by atoms with Crippen LogP contribution < -0.4 is 0 Å². The fourth-order valence-electron chi connectivity index (χ4n) is 0.833. The van der Waals surface area contributed by atoms with E-state index in [-0.39, 0.29) is 88.7 Å². The molecule has 0 aliphatic carbocycles. The second kappa shape index (κ2) is 13.8. The van der Waals surface area contributed by atoms with Crippen LogP contribution in [0.2, 0.25) is 0 Å². The van der Waals surface area contributed by atoms with Gasteiger partial charge in [0.1, 0.15) is 18.3 Å². The van der Waals surface area contributed by atoms with Gasteiger partial charge in [0, 0.05) is 0 Å². The first-order valence-corrected chi connectivity index (χ1v) is 5.75. The van der Waals surface area contributed by atoms with Crippen molar-refractivity contribution in [3.63, 3.8) is 0 Å². The van der Waals surface area contributed by atoms with E-state index in [1.807, 2.05) is 0 Å². The van der Waals surface area contributed by atoms with Crippen LogP contribution in [0.15, 0.2) is 0 Å². The third-order valence-electron chi connectivity index (χ3n) is 1.71. The SMILES string of the molecule is O=C(OP(=O)(O)O)[C@H](O)[C@@H](O)[C@H](O)[C@H](O)CO.[NaH].[NaH].[NaH]. The quantitative estimate of drug-likeness (QED) is 0.180. The minimum atomic E-state index is -5.19.